The van der Waals surface area contributed by atoms with E-state index in [1.54, 1.807) is 0 Å². The van der Waals surface area contributed by atoms with Crippen molar-refractivity contribution >= 4 is 5.97 Å². The Morgan fingerprint density at radius 3 is 2.44 bits per heavy atom. The Labute approximate surface area is 106 Å². The van der Waals surface area contributed by atoms with E-state index in [4.69, 9.17) is 10.8 Å². The van der Waals surface area contributed by atoms with Gasteiger partial charge in [-0.1, -0.05) is 24.3 Å². The second-order valence-corrected chi connectivity index (χ2v) is 5.51. The average molecular weight is 246 g/mol. The molecule has 3 rings (SSSR count). The zero-order valence-electron chi connectivity index (χ0n) is 10.3. The molecule has 0 amide bonds. The number of carbonyl (C=O) groups is 1. The third-order valence-electron chi connectivity index (χ3n) is 4.30. The van der Waals surface area contributed by atoms with Crippen LogP contribution in [0.1, 0.15) is 17.5 Å². The summed E-state index contributed by atoms with van der Waals surface area (Å²) in [6, 6.07) is 8.88. The van der Waals surface area contributed by atoms with E-state index >= 15 is 0 Å². The molecule has 1 atom stereocenters. The van der Waals surface area contributed by atoms with E-state index in [-0.39, 0.29) is 0 Å². The van der Waals surface area contributed by atoms with Crippen LogP contribution in [0.5, 0.6) is 0 Å². The van der Waals surface area contributed by atoms with E-state index in [9.17, 15) is 4.79 Å². The smallest absolute Gasteiger partial charge is 0.325 e. The van der Waals surface area contributed by atoms with E-state index in [1.165, 1.54) is 11.1 Å². The second kappa shape index (κ2) is 4.07. The van der Waals surface area contributed by atoms with Crippen LogP contribution < -0.4 is 5.73 Å². The molecule has 4 nitrogen and oxygen atoms in total. The van der Waals surface area contributed by atoms with Gasteiger partial charge >= 0.3 is 5.97 Å². The summed E-state index contributed by atoms with van der Waals surface area (Å²) in [6.07, 6.45) is 2.59. The van der Waals surface area contributed by atoms with Crippen molar-refractivity contribution in [3.05, 3.63) is 35.4 Å². The SMILES string of the molecule is NC1(C(=O)O)CCN(C2Cc3ccccc3C2)C1. The van der Waals surface area contributed by atoms with Gasteiger partial charge in [-0.25, -0.2) is 0 Å². The van der Waals surface area contributed by atoms with Gasteiger partial charge in [-0.05, 0) is 30.4 Å². The van der Waals surface area contributed by atoms with Gasteiger partial charge in [-0.3, -0.25) is 9.69 Å². The summed E-state index contributed by atoms with van der Waals surface area (Å²) in [5.41, 5.74) is 7.67. The highest BCUT2D eigenvalue weighted by Crippen LogP contribution is 2.29. The van der Waals surface area contributed by atoms with Crippen molar-refractivity contribution in [2.75, 3.05) is 13.1 Å². The molecule has 96 valence electrons. The van der Waals surface area contributed by atoms with Gasteiger partial charge in [0.15, 0.2) is 0 Å². The molecule has 18 heavy (non-hydrogen) atoms. The van der Waals surface area contributed by atoms with Crippen molar-refractivity contribution in [2.24, 2.45) is 5.73 Å². The first-order chi connectivity index (χ1) is 8.58. The van der Waals surface area contributed by atoms with Gasteiger partial charge in [-0.15, -0.1) is 0 Å². The molecule has 3 N–H and O–H groups in total. The molecule has 0 radical (unpaired) electrons. The lowest BCUT2D eigenvalue weighted by molar-refractivity contribution is -0.142. The number of fused-ring (bicyclic) bond motifs is 1. The Bertz CT molecular complexity index is 463. The molecule has 0 spiro atoms. The normalized spacial score (nSPS) is 28.5. The van der Waals surface area contributed by atoms with Crippen LogP contribution in [-0.2, 0) is 17.6 Å². The zero-order chi connectivity index (χ0) is 12.8. The summed E-state index contributed by atoms with van der Waals surface area (Å²) in [5, 5.41) is 9.15. The topological polar surface area (TPSA) is 66.6 Å². The molecule has 1 aliphatic heterocycles. The Balaban J connectivity index is 1.72. The van der Waals surface area contributed by atoms with Crippen molar-refractivity contribution < 1.29 is 9.90 Å². The maximum absolute atomic E-state index is 11.2. The van der Waals surface area contributed by atoms with E-state index in [2.05, 4.69) is 29.2 Å². The summed E-state index contributed by atoms with van der Waals surface area (Å²) in [5.74, 6) is -0.875. The first-order valence-electron chi connectivity index (χ1n) is 6.42. The fourth-order valence-electron chi connectivity index (χ4n) is 3.14. The first-order valence-corrected chi connectivity index (χ1v) is 6.42. The monoisotopic (exact) mass is 246 g/mol. The summed E-state index contributed by atoms with van der Waals surface area (Å²) < 4.78 is 0. The molecule has 1 aromatic carbocycles. The van der Waals surface area contributed by atoms with E-state index in [0.29, 0.717) is 19.0 Å². The highest BCUT2D eigenvalue weighted by Gasteiger charge is 2.44. The lowest BCUT2D eigenvalue weighted by Gasteiger charge is -2.25. The fourth-order valence-corrected chi connectivity index (χ4v) is 3.14. The summed E-state index contributed by atoms with van der Waals surface area (Å²) in [6.45, 7) is 1.27. The van der Waals surface area contributed by atoms with Gasteiger partial charge in [0.25, 0.3) is 0 Å². The molecule has 0 bridgehead atoms. The molecular formula is C14H18N2O2. The largest absolute Gasteiger partial charge is 0.480 e. The number of hydrogen-bond donors (Lipinski definition) is 2. The lowest BCUT2D eigenvalue weighted by Crippen LogP contribution is -2.51. The van der Waals surface area contributed by atoms with Crippen molar-refractivity contribution in [1.82, 2.24) is 4.90 Å². The van der Waals surface area contributed by atoms with Gasteiger partial charge in [0, 0.05) is 19.1 Å². The number of carboxylic acid groups (broad SMARTS) is 1. The van der Waals surface area contributed by atoms with Gasteiger partial charge in [-0.2, -0.15) is 0 Å². The van der Waals surface area contributed by atoms with Crippen molar-refractivity contribution in [2.45, 2.75) is 30.8 Å². The minimum absolute atomic E-state index is 0.423. The highest BCUT2D eigenvalue weighted by molar-refractivity contribution is 5.79. The number of nitrogens with two attached hydrogens (primary N) is 1. The molecule has 0 aromatic heterocycles. The van der Waals surface area contributed by atoms with Crippen LogP contribution in [-0.4, -0.2) is 40.6 Å². The molecule has 1 aromatic rings. The molecule has 1 unspecified atom stereocenters. The lowest BCUT2D eigenvalue weighted by atomic mass is 10.0. The fraction of sp³-hybridized carbons (Fsp3) is 0.500. The second-order valence-electron chi connectivity index (χ2n) is 5.51. The number of nitrogens with zero attached hydrogens (tertiary/aromatic N) is 1. The first kappa shape index (κ1) is 11.7. The number of carboxylic acids is 1. The van der Waals surface area contributed by atoms with Crippen molar-refractivity contribution in [3.8, 4) is 0 Å². The Kier molecular flexibility index (Phi) is 2.64. The molecule has 0 saturated carbocycles. The number of benzene rings is 1. The van der Waals surface area contributed by atoms with Gasteiger partial charge in [0.05, 0.1) is 0 Å². The van der Waals surface area contributed by atoms with Crippen LogP contribution >= 0.6 is 0 Å². The Morgan fingerprint density at radius 2 is 1.94 bits per heavy atom. The zero-order valence-corrected chi connectivity index (χ0v) is 10.3. The molecule has 2 aliphatic rings. The van der Waals surface area contributed by atoms with Crippen LogP contribution in [0.2, 0.25) is 0 Å². The standard InChI is InChI=1S/C14H18N2O2/c15-14(13(17)18)5-6-16(9-14)12-7-10-3-1-2-4-11(10)8-12/h1-4,12H,5-9,15H2,(H,17,18). The van der Waals surface area contributed by atoms with Crippen LogP contribution in [0, 0.1) is 0 Å². The van der Waals surface area contributed by atoms with Crippen LogP contribution in [0.15, 0.2) is 24.3 Å². The van der Waals surface area contributed by atoms with Gasteiger partial charge < -0.3 is 10.8 Å². The van der Waals surface area contributed by atoms with Gasteiger partial charge in [0.2, 0.25) is 0 Å². The molecular weight excluding hydrogens is 228 g/mol. The van der Waals surface area contributed by atoms with Crippen LogP contribution in [0.25, 0.3) is 0 Å². The highest BCUT2D eigenvalue weighted by atomic mass is 16.4. The number of aliphatic carboxylic acids is 1. The maximum Gasteiger partial charge on any atom is 0.325 e. The predicted molar refractivity (Wildman–Crippen MR) is 68.4 cm³/mol. The third kappa shape index (κ3) is 1.82. The molecule has 1 aliphatic carbocycles. The quantitative estimate of drug-likeness (QED) is 0.803. The third-order valence-corrected chi connectivity index (χ3v) is 4.30. The molecule has 1 saturated heterocycles. The minimum Gasteiger partial charge on any atom is -0.480 e. The van der Waals surface area contributed by atoms with Crippen LogP contribution in [0.3, 0.4) is 0 Å². The minimum atomic E-state index is -1.05. The van der Waals surface area contributed by atoms with E-state index in [1.807, 2.05) is 0 Å². The number of likely N-dealkylation sites (tertiary alicyclic amines) is 1. The van der Waals surface area contributed by atoms with E-state index in [0.717, 1.165) is 19.4 Å². The predicted octanol–water partition coefficient (Wildman–Crippen LogP) is 0.642. The Morgan fingerprint density at radius 1 is 1.33 bits per heavy atom. The Hall–Kier alpha value is -1.39. The summed E-state index contributed by atoms with van der Waals surface area (Å²) in [4.78, 5) is 13.4. The van der Waals surface area contributed by atoms with E-state index < -0.39 is 11.5 Å². The maximum atomic E-state index is 11.2. The summed E-state index contributed by atoms with van der Waals surface area (Å²) in [7, 11) is 0. The van der Waals surface area contributed by atoms with Crippen molar-refractivity contribution in [1.29, 1.82) is 0 Å². The molecule has 1 fully saturated rings. The number of rotatable bonds is 2. The van der Waals surface area contributed by atoms with Gasteiger partial charge in [0.1, 0.15) is 5.54 Å². The number of hydrogen-bond acceptors (Lipinski definition) is 3. The van der Waals surface area contributed by atoms with Crippen molar-refractivity contribution in [3.63, 3.8) is 0 Å². The average Bonchev–Trinajstić information content (AvgIpc) is 2.92. The summed E-state index contributed by atoms with van der Waals surface area (Å²) >= 11 is 0. The molecule has 4 heteroatoms. The molecule has 1 heterocycles. The van der Waals surface area contributed by atoms with Crippen LogP contribution in [0.4, 0.5) is 0 Å².